The van der Waals surface area contributed by atoms with Crippen LogP contribution in [0.15, 0.2) is 48.5 Å². The Labute approximate surface area is 157 Å². The average molecular weight is 366 g/mol. The van der Waals surface area contributed by atoms with Crippen LogP contribution in [0.25, 0.3) is 0 Å². The molecule has 2 N–H and O–H groups in total. The molecule has 1 heterocycles. The lowest BCUT2D eigenvalue weighted by Crippen LogP contribution is -2.38. The summed E-state index contributed by atoms with van der Waals surface area (Å²) in [5.74, 6) is -2.27. The van der Waals surface area contributed by atoms with Gasteiger partial charge >= 0.3 is 5.97 Å². The van der Waals surface area contributed by atoms with Crippen molar-refractivity contribution in [3.63, 3.8) is 0 Å². The molecular weight excluding hydrogens is 344 g/mol. The van der Waals surface area contributed by atoms with Gasteiger partial charge in [0.25, 0.3) is 0 Å². The third kappa shape index (κ3) is 3.84. The van der Waals surface area contributed by atoms with Crippen molar-refractivity contribution < 1.29 is 19.5 Å². The molecule has 2 aromatic carbocycles. The van der Waals surface area contributed by atoms with Gasteiger partial charge in [0.15, 0.2) is 6.04 Å². The molecule has 140 valence electrons. The molecule has 1 aliphatic heterocycles. The van der Waals surface area contributed by atoms with Gasteiger partial charge < -0.3 is 15.3 Å². The summed E-state index contributed by atoms with van der Waals surface area (Å²) in [7, 11) is 0. The topological polar surface area (TPSA) is 86.7 Å². The fraction of sp³-hybridized carbons (Fsp3) is 0.286. The van der Waals surface area contributed by atoms with Crippen molar-refractivity contribution >= 4 is 23.5 Å². The van der Waals surface area contributed by atoms with Crippen LogP contribution in [0.4, 0.5) is 5.69 Å². The summed E-state index contributed by atoms with van der Waals surface area (Å²) in [5, 5.41) is 12.1. The van der Waals surface area contributed by atoms with Gasteiger partial charge in [0.1, 0.15) is 0 Å². The molecule has 27 heavy (non-hydrogen) atoms. The van der Waals surface area contributed by atoms with Gasteiger partial charge in [-0.15, -0.1) is 0 Å². The Hall–Kier alpha value is -3.15. The van der Waals surface area contributed by atoms with Crippen molar-refractivity contribution in [2.75, 3.05) is 11.4 Å². The number of aryl methyl sites for hydroxylation is 1. The van der Waals surface area contributed by atoms with E-state index < -0.39 is 23.8 Å². The van der Waals surface area contributed by atoms with Crippen LogP contribution >= 0.6 is 0 Å². The molecule has 1 saturated heterocycles. The molecule has 0 bridgehead atoms. The minimum atomic E-state index is -1.14. The summed E-state index contributed by atoms with van der Waals surface area (Å²) in [6.45, 7) is 4.16. The number of carbonyl (C=O) groups is 3. The molecule has 0 radical (unpaired) electrons. The lowest BCUT2D eigenvalue weighted by atomic mass is 10.0. The van der Waals surface area contributed by atoms with Crippen LogP contribution in [0.3, 0.4) is 0 Å². The van der Waals surface area contributed by atoms with Gasteiger partial charge in [-0.05, 0) is 36.6 Å². The van der Waals surface area contributed by atoms with Crippen LogP contribution in [0.5, 0.6) is 0 Å². The summed E-state index contributed by atoms with van der Waals surface area (Å²) in [6.07, 6.45) is 0.0698. The Morgan fingerprint density at radius 3 is 2.48 bits per heavy atom. The lowest BCUT2D eigenvalue weighted by molar-refractivity contribution is -0.142. The Balaban J connectivity index is 1.75. The van der Waals surface area contributed by atoms with E-state index in [1.165, 1.54) is 0 Å². The molecule has 2 amide bonds. The molecule has 0 spiro atoms. The smallest absolute Gasteiger partial charge is 0.330 e. The van der Waals surface area contributed by atoms with E-state index in [2.05, 4.69) is 5.32 Å². The summed E-state index contributed by atoms with van der Waals surface area (Å²) in [6, 6.07) is 13.1. The third-order valence-corrected chi connectivity index (χ3v) is 5.03. The summed E-state index contributed by atoms with van der Waals surface area (Å²) in [4.78, 5) is 38.3. The van der Waals surface area contributed by atoms with Crippen LogP contribution < -0.4 is 10.2 Å². The maximum absolute atomic E-state index is 12.7. The van der Waals surface area contributed by atoms with Crippen molar-refractivity contribution in [3.05, 3.63) is 65.2 Å². The number of hydrogen-bond donors (Lipinski definition) is 2. The number of benzene rings is 2. The van der Waals surface area contributed by atoms with Gasteiger partial charge in [-0.2, -0.15) is 0 Å². The third-order valence-electron chi connectivity index (χ3n) is 5.03. The van der Waals surface area contributed by atoms with Gasteiger partial charge in [0, 0.05) is 18.7 Å². The average Bonchev–Trinajstić information content (AvgIpc) is 3.04. The fourth-order valence-electron chi connectivity index (χ4n) is 3.34. The highest BCUT2D eigenvalue weighted by atomic mass is 16.4. The fourth-order valence-corrected chi connectivity index (χ4v) is 3.34. The molecule has 1 unspecified atom stereocenters. The maximum atomic E-state index is 12.7. The molecule has 2 atom stereocenters. The van der Waals surface area contributed by atoms with Crippen LogP contribution in [-0.4, -0.2) is 29.4 Å². The minimum absolute atomic E-state index is 0.0698. The molecule has 3 rings (SSSR count). The van der Waals surface area contributed by atoms with Crippen LogP contribution in [0.1, 0.15) is 29.2 Å². The SMILES string of the molecule is Cc1cccc(N2CC(C(=O)N[C@H](C(=O)O)c3ccccc3)CC2=O)c1C. The zero-order valence-corrected chi connectivity index (χ0v) is 15.3. The monoisotopic (exact) mass is 366 g/mol. The van der Waals surface area contributed by atoms with E-state index in [9.17, 15) is 19.5 Å². The number of rotatable bonds is 5. The van der Waals surface area contributed by atoms with Crippen LogP contribution in [-0.2, 0) is 14.4 Å². The molecular formula is C21H22N2O4. The minimum Gasteiger partial charge on any atom is -0.479 e. The molecule has 0 aliphatic carbocycles. The summed E-state index contributed by atoms with van der Waals surface area (Å²) >= 11 is 0. The molecule has 6 nitrogen and oxygen atoms in total. The van der Waals surface area contributed by atoms with Crippen molar-refractivity contribution in [2.24, 2.45) is 5.92 Å². The number of hydrogen-bond acceptors (Lipinski definition) is 3. The van der Waals surface area contributed by atoms with E-state index >= 15 is 0 Å². The zero-order chi connectivity index (χ0) is 19.6. The lowest BCUT2D eigenvalue weighted by Gasteiger charge is -2.21. The first-order valence-corrected chi connectivity index (χ1v) is 8.83. The van der Waals surface area contributed by atoms with Gasteiger partial charge in [0.05, 0.1) is 5.92 Å². The Bertz CT molecular complexity index is 879. The van der Waals surface area contributed by atoms with Gasteiger partial charge in [-0.25, -0.2) is 4.79 Å². The van der Waals surface area contributed by atoms with Crippen molar-refractivity contribution in [3.8, 4) is 0 Å². The number of nitrogens with zero attached hydrogens (tertiary/aromatic N) is 1. The van der Waals surface area contributed by atoms with Crippen molar-refractivity contribution in [1.29, 1.82) is 0 Å². The second kappa shape index (κ2) is 7.61. The molecule has 0 saturated carbocycles. The van der Waals surface area contributed by atoms with Gasteiger partial charge in [0.2, 0.25) is 11.8 Å². The summed E-state index contributed by atoms with van der Waals surface area (Å²) < 4.78 is 0. The molecule has 6 heteroatoms. The molecule has 0 aromatic heterocycles. The summed E-state index contributed by atoms with van der Waals surface area (Å²) in [5.41, 5.74) is 3.37. The second-order valence-electron chi connectivity index (χ2n) is 6.81. The van der Waals surface area contributed by atoms with E-state index in [0.29, 0.717) is 5.56 Å². The van der Waals surface area contributed by atoms with Crippen LogP contribution in [0.2, 0.25) is 0 Å². The highest BCUT2D eigenvalue weighted by Gasteiger charge is 2.37. The number of carboxylic acid groups (broad SMARTS) is 1. The zero-order valence-electron chi connectivity index (χ0n) is 15.3. The Morgan fingerprint density at radius 2 is 1.81 bits per heavy atom. The number of carbonyl (C=O) groups excluding carboxylic acids is 2. The normalized spacial score (nSPS) is 17.6. The number of carboxylic acids is 1. The van der Waals surface area contributed by atoms with E-state index in [1.54, 1.807) is 35.2 Å². The maximum Gasteiger partial charge on any atom is 0.330 e. The predicted octanol–water partition coefficient (Wildman–Crippen LogP) is 2.60. The Morgan fingerprint density at radius 1 is 1.11 bits per heavy atom. The number of amides is 2. The number of aliphatic carboxylic acids is 1. The highest BCUT2D eigenvalue weighted by Crippen LogP contribution is 2.29. The van der Waals surface area contributed by atoms with Gasteiger partial charge in [-0.3, -0.25) is 9.59 Å². The largest absolute Gasteiger partial charge is 0.479 e. The predicted molar refractivity (Wildman–Crippen MR) is 101 cm³/mol. The van der Waals surface area contributed by atoms with E-state index in [0.717, 1.165) is 16.8 Å². The van der Waals surface area contributed by atoms with E-state index in [4.69, 9.17) is 0 Å². The van der Waals surface area contributed by atoms with Crippen LogP contribution in [0, 0.1) is 19.8 Å². The highest BCUT2D eigenvalue weighted by molar-refractivity contribution is 6.01. The standard InChI is InChI=1S/C21H22N2O4/c1-13-7-6-10-17(14(13)2)23-12-16(11-18(23)24)20(25)22-19(21(26)27)15-8-4-3-5-9-15/h3-10,16,19H,11-12H2,1-2H3,(H,22,25)(H,26,27)/t16?,19-/m0/s1. The van der Waals surface area contributed by atoms with E-state index in [-0.39, 0.29) is 18.9 Å². The van der Waals surface area contributed by atoms with Crippen molar-refractivity contribution in [1.82, 2.24) is 5.32 Å². The second-order valence-corrected chi connectivity index (χ2v) is 6.81. The van der Waals surface area contributed by atoms with E-state index in [1.807, 2.05) is 32.0 Å². The first-order valence-electron chi connectivity index (χ1n) is 8.83. The number of nitrogens with one attached hydrogen (secondary N) is 1. The molecule has 2 aromatic rings. The first-order chi connectivity index (χ1) is 12.9. The quantitative estimate of drug-likeness (QED) is 0.852. The van der Waals surface area contributed by atoms with Crippen molar-refractivity contribution in [2.45, 2.75) is 26.3 Å². The number of anilines is 1. The first kappa shape index (κ1) is 18.6. The Kier molecular flexibility index (Phi) is 5.26. The molecule has 1 aliphatic rings. The van der Waals surface area contributed by atoms with Gasteiger partial charge in [-0.1, -0.05) is 42.5 Å². The molecule has 1 fully saturated rings.